The van der Waals surface area contributed by atoms with Crippen LogP contribution in [0.25, 0.3) is 0 Å². The summed E-state index contributed by atoms with van der Waals surface area (Å²) in [7, 11) is 3.30. The largest absolute Gasteiger partial charge is 0.399 e. The number of carbonyl (C=O) groups is 1. The molecule has 0 saturated carbocycles. The maximum absolute atomic E-state index is 11.6. The zero-order valence-corrected chi connectivity index (χ0v) is 11.0. The van der Waals surface area contributed by atoms with Crippen LogP contribution in [0.2, 0.25) is 0 Å². The number of benzene rings is 1. The number of rotatable bonds is 6. The first kappa shape index (κ1) is 13.9. The minimum atomic E-state index is -0.0840. The van der Waals surface area contributed by atoms with E-state index in [2.05, 4.69) is 5.32 Å². The first-order valence-corrected chi connectivity index (χ1v) is 6.41. The Kier molecular flexibility index (Phi) is 5.86. The van der Waals surface area contributed by atoms with Crippen molar-refractivity contribution in [2.24, 2.45) is 0 Å². The van der Waals surface area contributed by atoms with Gasteiger partial charge in [0.1, 0.15) is 0 Å². The SMILES string of the molecule is CNC(=O)c1ccc(N)cc1SCCCOC. The average Bonchev–Trinajstić information content (AvgIpc) is 2.34. The lowest BCUT2D eigenvalue weighted by molar-refractivity contribution is 0.0960. The maximum Gasteiger partial charge on any atom is 0.252 e. The van der Waals surface area contributed by atoms with Gasteiger partial charge in [-0.15, -0.1) is 11.8 Å². The number of anilines is 1. The fourth-order valence-electron chi connectivity index (χ4n) is 1.37. The van der Waals surface area contributed by atoms with E-state index >= 15 is 0 Å². The van der Waals surface area contributed by atoms with Gasteiger partial charge in [-0.1, -0.05) is 0 Å². The number of carbonyl (C=O) groups excluding carboxylic acids is 1. The smallest absolute Gasteiger partial charge is 0.252 e. The number of thioether (sulfide) groups is 1. The highest BCUT2D eigenvalue weighted by Crippen LogP contribution is 2.25. The molecule has 0 atom stereocenters. The van der Waals surface area contributed by atoms with Crippen LogP contribution in [0.15, 0.2) is 23.1 Å². The van der Waals surface area contributed by atoms with Crippen LogP contribution in [0.3, 0.4) is 0 Å². The Labute approximate surface area is 106 Å². The van der Waals surface area contributed by atoms with Crippen LogP contribution >= 0.6 is 11.8 Å². The summed E-state index contributed by atoms with van der Waals surface area (Å²) in [5.41, 5.74) is 7.07. The van der Waals surface area contributed by atoms with Gasteiger partial charge < -0.3 is 15.8 Å². The first-order valence-electron chi connectivity index (χ1n) is 5.42. The van der Waals surface area contributed by atoms with Crippen molar-refractivity contribution in [3.63, 3.8) is 0 Å². The molecule has 0 unspecified atom stereocenters. The molecule has 0 heterocycles. The zero-order chi connectivity index (χ0) is 12.7. The van der Waals surface area contributed by atoms with Crippen LogP contribution in [0, 0.1) is 0 Å². The van der Waals surface area contributed by atoms with Gasteiger partial charge in [0.05, 0.1) is 5.56 Å². The molecule has 0 fully saturated rings. The van der Waals surface area contributed by atoms with Gasteiger partial charge in [-0.3, -0.25) is 4.79 Å². The number of nitrogens with two attached hydrogens (primary N) is 1. The minimum Gasteiger partial charge on any atom is -0.399 e. The molecule has 0 aliphatic carbocycles. The van der Waals surface area contributed by atoms with Gasteiger partial charge in [0, 0.05) is 37.1 Å². The normalized spacial score (nSPS) is 10.2. The van der Waals surface area contributed by atoms with Crippen molar-refractivity contribution in [3.8, 4) is 0 Å². The summed E-state index contributed by atoms with van der Waals surface area (Å²) in [5, 5.41) is 2.62. The molecule has 0 saturated heterocycles. The van der Waals surface area contributed by atoms with Gasteiger partial charge in [-0.05, 0) is 24.6 Å². The van der Waals surface area contributed by atoms with Crippen LogP contribution in [0.4, 0.5) is 5.69 Å². The monoisotopic (exact) mass is 254 g/mol. The van der Waals surface area contributed by atoms with Crippen LogP contribution < -0.4 is 11.1 Å². The summed E-state index contributed by atoms with van der Waals surface area (Å²) < 4.78 is 4.99. The summed E-state index contributed by atoms with van der Waals surface area (Å²) in [4.78, 5) is 12.6. The van der Waals surface area contributed by atoms with Crippen molar-refractivity contribution in [2.75, 3.05) is 32.3 Å². The number of amides is 1. The van der Waals surface area contributed by atoms with E-state index in [-0.39, 0.29) is 5.91 Å². The number of methoxy groups -OCH3 is 1. The van der Waals surface area contributed by atoms with Crippen molar-refractivity contribution < 1.29 is 9.53 Å². The second kappa shape index (κ2) is 7.19. The Balaban J connectivity index is 2.73. The van der Waals surface area contributed by atoms with Gasteiger partial charge in [0.25, 0.3) is 5.91 Å². The molecule has 4 nitrogen and oxygen atoms in total. The topological polar surface area (TPSA) is 64.4 Å². The van der Waals surface area contributed by atoms with Crippen LogP contribution in [0.5, 0.6) is 0 Å². The molecule has 17 heavy (non-hydrogen) atoms. The summed E-state index contributed by atoms with van der Waals surface area (Å²) in [6, 6.07) is 5.33. The molecule has 0 spiro atoms. The number of nitrogen functional groups attached to an aromatic ring is 1. The van der Waals surface area contributed by atoms with Crippen molar-refractivity contribution in [3.05, 3.63) is 23.8 Å². The van der Waals surface area contributed by atoms with E-state index in [4.69, 9.17) is 10.5 Å². The molecular formula is C12H18N2O2S. The van der Waals surface area contributed by atoms with Gasteiger partial charge in [0.2, 0.25) is 0 Å². The Bertz CT molecular complexity index is 383. The molecule has 0 radical (unpaired) electrons. The molecule has 1 aromatic carbocycles. The standard InChI is InChI=1S/C12H18N2O2S/c1-14-12(15)10-5-4-9(13)8-11(10)17-7-3-6-16-2/h4-5,8H,3,6-7,13H2,1-2H3,(H,14,15). The van der Waals surface area contributed by atoms with Crippen molar-refractivity contribution >= 4 is 23.4 Å². The lowest BCUT2D eigenvalue weighted by atomic mass is 10.2. The average molecular weight is 254 g/mol. The molecule has 5 heteroatoms. The highest BCUT2D eigenvalue weighted by molar-refractivity contribution is 7.99. The van der Waals surface area contributed by atoms with E-state index in [0.29, 0.717) is 11.3 Å². The van der Waals surface area contributed by atoms with Crippen LogP contribution in [-0.2, 0) is 4.74 Å². The number of hydrogen-bond donors (Lipinski definition) is 2. The van der Waals surface area contributed by atoms with E-state index in [1.54, 1.807) is 38.1 Å². The van der Waals surface area contributed by atoms with E-state index in [9.17, 15) is 4.79 Å². The quantitative estimate of drug-likeness (QED) is 0.461. The fraction of sp³-hybridized carbons (Fsp3) is 0.417. The first-order chi connectivity index (χ1) is 8.19. The van der Waals surface area contributed by atoms with E-state index < -0.39 is 0 Å². The molecule has 0 aliphatic rings. The maximum atomic E-state index is 11.6. The summed E-state index contributed by atoms with van der Waals surface area (Å²) in [5.74, 6) is 0.820. The minimum absolute atomic E-state index is 0.0840. The fourth-order valence-corrected chi connectivity index (χ4v) is 2.38. The zero-order valence-electron chi connectivity index (χ0n) is 10.2. The molecule has 1 rings (SSSR count). The Hall–Kier alpha value is -1.20. The van der Waals surface area contributed by atoms with Crippen molar-refractivity contribution in [1.82, 2.24) is 5.32 Å². The summed E-state index contributed by atoms with van der Waals surface area (Å²) in [6.45, 7) is 0.727. The third-order valence-corrected chi connectivity index (χ3v) is 3.37. The van der Waals surface area contributed by atoms with Gasteiger partial charge in [0.15, 0.2) is 0 Å². The molecule has 0 aromatic heterocycles. The van der Waals surface area contributed by atoms with Gasteiger partial charge in [-0.2, -0.15) is 0 Å². The second-order valence-electron chi connectivity index (χ2n) is 3.53. The van der Waals surface area contributed by atoms with E-state index in [1.807, 2.05) is 6.07 Å². The van der Waals surface area contributed by atoms with Crippen LogP contribution in [0.1, 0.15) is 16.8 Å². The highest BCUT2D eigenvalue weighted by Gasteiger charge is 2.10. The number of ether oxygens (including phenoxy) is 1. The second-order valence-corrected chi connectivity index (χ2v) is 4.67. The predicted octanol–water partition coefficient (Wildman–Crippen LogP) is 1.76. The molecule has 3 N–H and O–H groups in total. The Morgan fingerprint density at radius 3 is 2.94 bits per heavy atom. The molecular weight excluding hydrogens is 236 g/mol. The number of hydrogen-bond acceptors (Lipinski definition) is 4. The molecule has 1 amide bonds. The molecule has 0 bridgehead atoms. The highest BCUT2D eigenvalue weighted by atomic mass is 32.2. The Morgan fingerprint density at radius 2 is 2.29 bits per heavy atom. The van der Waals surface area contributed by atoms with Crippen molar-refractivity contribution in [2.45, 2.75) is 11.3 Å². The number of nitrogens with one attached hydrogen (secondary N) is 1. The van der Waals surface area contributed by atoms with Gasteiger partial charge >= 0.3 is 0 Å². The van der Waals surface area contributed by atoms with Crippen LogP contribution in [-0.4, -0.2) is 32.4 Å². The Morgan fingerprint density at radius 1 is 1.53 bits per heavy atom. The lowest BCUT2D eigenvalue weighted by Gasteiger charge is -2.09. The predicted molar refractivity (Wildman–Crippen MR) is 71.5 cm³/mol. The molecule has 1 aromatic rings. The van der Waals surface area contributed by atoms with Crippen molar-refractivity contribution in [1.29, 1.82) is 0 Å². The molecule has 0 aliphatic heterocycles. The van der Waals surface area contributed by atoms with Gasteiger partial charge in [-0.25, -0.2) is 0 Å². The lowest BCUT2D eigenvalue weighted by Crippen LogP contribution is -2.18. The summed E-state index contributed by atoms with van der Waals surface area (Å²) in [6.07, 6.45) is 0.948. The summed E-state index contributed by atoms with van der Waals surface area (Å²) >= 11 is 1.62. The van der Waals surface area contributed by atoms with E-state index in [1.165, 1.54) is 0 Å². The van der Waals surface area contributed by atoms with E-state index in [0.717, 1.165) is 23.7 Å². The third-order valence-electron chi connectivity index (χ3n) is 2.23. The molecule has 94 valence electrons. The third kappa shape index (κ3) is 4.28.